The molecule has 1 aliphatic carbocycles. The van der Waals surface area contributed by atoms with Crippen LogP contribution in [-0.2, 0) is 12.6 Å². The summed E-state index contributed by atoms with van der Waals surface area (Å²) in [6, 6.07) is 12.6. The molecule has 1 atom stereocenters. The van der Waals surface area contributed by atoms with Gasteiger partial charge in [0, 0.05) is 23.4 Å². The number of carbonyl (C=O) groups excluding carboxylic acids is 2. The van der Waals surface area contributed by atoms with Gasteiger partial charge in [-0.25, -0.2) is 0 Å². The summed E-state index contributed by atoms with van der Waals surface area (Å²) < 4.78 is 43.9. The van der Waals surface area contributed by atoms with Gasteiger partial charge in [0.2, 0.25) is 0 Å². The second-order valence-electron chi connectivity index (χ2n) is 7.74. The Morgan fingerprint density at radius 3 is 2.45 bits per heavy atom. The van der Waals surface area contributed by atoms with Crippen molar-refractivity contribution in [2.45, 2.75) is 24.9 Å². The number of Topliss-reactive ketones (excluding diaryl/α,β-unsaturated/α-hetero) is 1. The molecule has 1 aliphatic rings. The lowest BCUT2D eigenvalue weighted by Crippen LogP contribution is -2.29. The summed E-state index contributed by atoms with van der Waals surface area (Å²) in [4.78, 5) is 40.6. The Morgan fingerprint density at radius 1 is 1.06 bits per heavy atom. The molecule has 4 rings (SSSR count). The lowest BCUT2D eigenvalue weighted by molar-refractivity contribution is -0.137. The van der Waals surface area contributed by atoms with E-state index in [-0.39, 0.29) is 34.9 Å². The van der Waals surface area contributed by atoms with Crippen LogP contribution in [0.5, 0.6) is 5.75 Å². The van der Waals surface area contributed by atoms with Gasteiger partial charge in [-0.1, -0.05) is 18.2 Å². The number of anilines is 1. The van der Waals surface area contributed by atoms with Crippen molar-refractivity contribution in [2.75, 3.05) is 12.4 Å². The first-order valence-electron chi connectivity index (χ1n) is 10.1. The van der Waals surface area contributed by atoms with Crippen LogP contribution in [0.25, 0.3) is 0 Å². The van der Waals surface area contributed by atoms with Crippen molar-refractivity contribution >= 4 is 17.4 Å². The lowest BCUT2D eigenvalue weighted by Gasteiger charge is -2.24. The van der Waals surface area contributed by atoms with Gasteiger partial charge in [-0.15, -0.1) is 0 Å². The van der Waals surface area contributed by atoms with Gasteiger partial charge in [-0.05, 0) is 54.3 Å². The SMILES string of the molecule is COc1ccc([C@@H]2CC(=O)c3cc(C(=O)Nc4cccc(C(F)(F)F)c4)c(=O)[nH]c3C2)cc1. The number of halogens is 3. The number of aromatic amines is 1. The minimum atomic E-state index is -4.57. The third-order valence-corrected chi connectivity index (χ3v) is 5.59. The van der Waals surface area contributed by atoms with Crippen LogP contribution in [0.2, 0.25) is 0 Å². The second kappa shape index (κ2) is 8.57. The first kappa shape index (κ1) is 22.3. The van der Waals surface area contributed by atoms with Crippen molar-refractivity contribution in [1.29, 1.82) is 0 Å². The van der Waals surface area contributed by atoms with E-state index < -0.39 is 23.2 Å². The van der Waals surface area contributed by atoms with Gasteiger partial charge in [0.25, 0.3) is 11.5 Å². The smallest absolute Gasteiger partial charge is 0.416 e. The third kappa shape index (κ3) is 4.67. The van der Waals surface area contributed by atoms with Crippen LogP contribution in [0.1, 0.15) is 49.9 Å². The minimum Gasteiger partial charge on any atom is -0.497 e. The Bertz CT molecular complexity index is 1280. The number of carbonyl (C=O) groups is 2. The van der Waals surface area contributed by atoms with E-state index in [1.165, 1.54) is 12.1 Å². The molecular formula is C24H19F3N2O4. The number of methoxy groups -OCH3 is 1. The summed E-state index contributed by atoms with van der Waals surface area (Å²) in [6.45, 7) is 0. The van der Waals surface area contributed by atoms with Gasteiger partial charge >= 0.3 is 6.18 Å². The number of pyridine rings is 1. The highest BCUT2D eigenvalue weighted by molar-refractivity contribution is 6.06. The highest BCUT2D eigenvalue weighted by Crippen LogP contribution is 2.33. The number of hydrogen-bond acceptors (Lipinski definition) is 4. The van der Waals surface area contributed by atoms with Crippen molar-refractivity contribution in [2.24, 2.45) is 0 Å². The molecule has 1 aromatic heterocycles. The van der Waals surface area contributed by atoms with Crippen molar-refractivity contribution in [1.82, 2.24) is 4.98 Å². The Balaban J connectivity index is 1.58. The maximum absolute atomic E-state index is 12.9. The molecule has 0 aliphatic heterocycles. The van der Waals surface area contributed by atoms with E-state index in [1.807, 2.05) is 12.1 Å². The van der Waals surface area contributed by atoms with Crippen LogP contribution in [0, 0.1) is 0 Å². The molecular weight excluding hydrogens is 437 g/mol. The number of ketones is 1. The Kier molecular flexibility index (Phi) is 5.80. The van der Waals surface area contributed by atoms with Crippen LogP contribution >= 0.6 is 0 Å². The molecule has 0 saturated heterocycles. The van der Waals surface area contributed by atoms with Crippen LogP contribution in [0.4, 0.5) is 18.9 Å². The summed E-state index contributed by atoms with van der Waals surface area (Å²) in [5.41, 5.74) is -0.538. The summed E-state index contributed by atoms with van der Waals surface area (Å²) in [5.74, 6) is -0.590. The highest BCUT2D eigenvalue weighted by Gasteiger charge is 2.31. The molecule has 0 radical (unpaired) electrons. The van der Waals surface area contributed by atoms with E-state index in [1.54, 1.807) is 19.2 Å². The number of nitrogens with one attached hydrogen (secondary N) is 2. The third-order valence-electron chi connectivity index (χ3n) is 5.59. The fraction of sp³-hybridized carbons (Fsp3) is 0.208. The number of amides is 1. The number of rotatable bonds is 4. The number of hydrogen-bond donors (Lipinski definition) is 2. The number of aromatic nitrogens is 1. The highest BCUT2D eigenvalue weighted by atomic mass is 19.4. The van der Waals surface area contributed by atoms with Crippen molar-refractivity contribution in [3.63, 3.8) is 0 Å². The van der Waals surface area contributed by atoms with Gasteiger partial charge in [0.05, 0.1) is 12.7 Å². The van der Waals surface area contributed by atoms with E-state index in [4.69, 9.17) is 4.74 Å². The zero-order chi connectivity index (χ0) is 23.8. The molecule has 33 heavy (non-hydrogen) atoms. The molecule has 0 spiro atoms. The largest absolute Gasteiger partial charge is 0.497 e. The van der Waals surface area contributed by atoms with Crippen LogP contribution in [0.15, 0.2) is 59.4 Å². The average molecular weight is 456 g/mol. The monoisotopic (exact) mass is 456 g/mol. The summed E-state index contributed by atoms with van der Waals surface area (Å²) in [5, 5.41) is 2.30. The maximum atomic E-state index is 12.9. The van der Waals surface area contributed by atoms with Gasteiger partial charge in [0.1, 0.15) is 11.3 Å². The van der Waals surface area contributed by atoms with E-state index >= 15 is 0 Å². The Morgan fingerprint density at radius 2 is 1.79 bits per heavy atom. The van der Waals surface area contributed by atoms with E-state index in [0.717, 1.165) is 23.8 Å². The van der Waals surface area contributed by atoms with Gasteiger partial charge in [0.15, 0.2) is 5.78 Å². The summed E-state index contributed by atoms with van der Waals surface area (Å²) >= 11 is 0. The number of fused-ring (bicyclic) bond motifs is 1. The molecule has 2 N–H and O–H groups in total. The molecule has 170 valence electrons. The normalized spacial score (nSPS) is 15.6. The molecule has 1 heterocycles. The zero-order valence-corrected chi connectivity index (χ0v) is 17.5. The molecule has 2 aromatic carbocycles. The van der Waals surface area contributed by atoms with Crippen molar-refractivity contribution in [3.05, 3.63) is 92.9 Å². The van der Waals surface area contributed by atoms with Crippen molar-refractivity contribution < 1.29 is 27.5 Å². The molecule has 1 amide bonds. The van der Waals surface area contributed by atoms with Gasteiger partial charge in [-0.2, -0.15) is 13.2 Å². The van der Waals surface area contributed by atoms with Gasteiger partial charge in [-0.3, -0.25) is 14.4 Å². The topological polar surface area (TPSA) is 88.3 Å². The van der Waals surface area contributed by atoms with Crippen LogP contribution in [0.3, 0.4) is 0 Å². The number of benzene rings is 2. The first-order chi connectivity index (χ1) is 15.7. The van der Waals surface area contributed by atoms with Gasteiger partial charge < -0.3 is 15.0 Å². The van der Waals surface area contributed by atoms with E-state index in [9.17, 15) is 27.6 Å². The molecule has 3 aromatic rings. The number of H-pyrrole nitrogens is 1. The van der Waals surface area contributed by atoms with E-state index in [0.29, 0.717) is 17.9 Å². The predicted molar refractivity (Wildman–Crippen MR) is 115 cm³/mol. The molecule has 6 nitrogen and oxygen atoms in total. The molecule has 0 saturated carbocycles. The molecule has 0 unspecified atom stereocenters. The standard InChI is InChI=1S/C24H19F3N2O4/c1-33-17-7-5-13(6-8-17)14-9-20-18(21(30)10-14)12-19(23(32)29-20)22(31)28-16-4-2-3-15(11-16)24(25,26)27/h2-8,11-12,14H,9-10H2,1H3,(H,28,31)(H,29,32)/t14-/m0/s1. The molecule has 9 heteroatoms. The molecule has 0 bridgehead atoms. The summed E-state index contributed by atoms with van der Waals surface area (Å²) in [6.07, 6.45) is -3.98. The Labute approximate surface area is 186 Å². The maximum Gasteiger partial charge on any atom is 0.416 e. The predicted octanol–water partition coefficient (Wildman–Crippen LogP) is 4.57. The van der Waals surface area contributed by atoms with Crippen LogP contribution < -0.4 is 15.6 Å². The fourth-order valence-corrected chi connectivity index (χ4v) is 3.88. The van der Waals surface area contributed by atoms with E-state index in [2.05, 4.69) is 10.3 Å². The minimum absolute atomic E-state index is 0.113. The molecule has 0 fully saturated rings. The Hall–Kier alpha value is -3.88. The van der Waals surface area contributed by atoms with Crippen LogP contribution in [-0.4, -0.2) is 23.8 Å². The summed E-state index contributed by atoms with van der Waals surface area (Å²) in [7, 11) is 1.56. The number of alkyl halides is 3. The second-order valence-corrected chi connectivity index (χ2v) is 7.74. The quantitative estimate of drug-likeness (QED) is 0.602. The zero-order valence-electron chi connectivity index (χ0n) is 17.5. The lowest BCUT2D eigenvalue weighted by atomic mass is 9.81. The van der Waals surface area contributed by atoms with Crippen molar-refractivity contribution in [3.8, 4) is 5.75 Å². The first-order valence-corrected chi connectivity index (χ1v) is 10.1. The average Bonchev–Trinajstić information content (AvgIpc) is 2.78. The number of ether oxygens (including phenoxy) is 1. The fourth-order valence-electron chi connectivity index (χ4n) is 3.88.